The lowest BCUT2D eigenvalue weighted by Gasteiger charge is -2.53. The monoisotopic (exact) mass is 590 g/mol. The van der Waals surface area contributed by atoms with Crippen molar-refractivity contribution in [3.05, 3.63) is 47.8 Å². The number of carbonyl (C=O) groups is 3. The molecule has 6 rings (SSSR count). The molecule has 11 nitrogen and oxygen atoms in total. The fraction of sp³-hybridized carbons (Fsp3) is 0.484. The third-order valence-corrected chi connectivity index (χ3v) is 8.58. The van der Waals surface area contributed by atoms with E-state index in [1.54, 1.807) is 16.6 Å². The topological polar surface area (TPSA) is 148 Å². The molecule has 3 fully saturated rings. The van der Waals surface area contributed by atoms with Crippen LogP contribution in [0.1, 0.15) is 82.1 Å². The van der Waals surface area contributed by atoms with Gasteiger partial charge in [-0.1, -0.05) is 0 Å². The third kappa shape index (κ3) is 6.16. The number of halogens is 1. The van der Waals surface area contributed by atoms with Crippen LogP contribution in [0.3, 0.4) is 0 Å². The number of rotatable bonds is 9. The molecule has 43 heavy (non-hydrogen) atoms. The molecular formula is C31H35FN6O5. The van der Waals surface area contributed by atoms with Gasteiger partial charge in [0.25, 0.3) is 5.91 Å². The lowest BCUT2D eigenvalue weighted by molar-refractivity contribution is -0.168. The molecule has 2 N–H and O–H groups in total. The Morgan fingerprint density at radius 3 is 2.42 bits per heavy atom. The summed E-state index contributed by atoms with van der Waals surface area (Å²) in [6, 6.07) is 9.26. The number of nitrogens with one attached hydrogen (secondary N) is 2. The van der Waals surface area contributed by atoms with E-state index in [4.69, 9.17) is 9.47 Å². The van der Waals surface area contributed by atoms with E-state index in [0.717, 1.165) is 24.8 Å². The molecule has 12 heteroatoms. The van der Waals surface area contributed by atoms with Crippen LogP contribution in [0.25, 0.3) is 16.9 Å². The summed E-state index contributed by atoms with van der Waals surface area (Å²) in [5, 5.41) is 19.9. The minimum Gasteiger partial charge on any atom is -0.459 e. The van der Waals surface area contributed by atoms with Crippen LogP contribution in [-0.2, 0) is 19.1 Å². The van der Waals surface area contributed by atoms with E-state index in [0.29, 0.717) is 41.9 Å². The van der Waals surface area contributed by atoms with E-state index >= 15 is 4.39 Å². The number of fused-ring (bicyclic) bond motifs is 4. The molecule has 0 spiro atoms. The number of hydrogen-bond donors (Lipinski definition) is 2. The molecular weight excluding hydrogens is 555 g/mol. The number of nitrogens with zero attached hydrogens (tertiary/aromatic N) is 4. The molecule has 1 amide bonds. The molecule has 0 radical (unpaired) electrons. The first kappa shape index (κ1) is 29.9. The Labute approximate surface area is 248 Å². The van der Waals surface area contributed by atoms with Crippen LogP contribution in [0.5, 0.6) is 0 Å². The van der Waals surface area contributed by atoms with E-state index in [-0.39, 0.29) is 23.6 Å². The van der Waals surface area contributed by atoms with Crippen LogP contribution >= 0.6 is 0 Å². The summed E-state index contributed by atoms with van der Waals surface area (Å²) >= 11 is 0. The van der Waals surface area contributed by atoms with Crippen LogP contribution in [0, 0.1) is 11.3 Å². The molecule has 3 aromatic rings. The van der Waals surface area contributed by atoms with Crippen LogP contribution in [-0.4, -0.2) is 61.9 Å². The molecule has 3 aliphatic carbocycles. The molecule has 0 aliphatic heterocycles. The highest BCUT2D eigenvalue weighted by molar-refractivity contribution is 6.00. The SMILES string of the molecule is CC(=O)OC12CCC(Nc3cc(-c4ccc5cc(C#N)cnn45)ncc3C(=O)NC[C@@H](F)C(C)(C)OC(C)=O)(CC1)CC2. The maximum absolute atomic E-state index is 15.0. The van der Waals surface area contributed by atoms with Gasteiger partial charge in [0.05, 0.1) is 46.5 Å². The Morgan fingerprint density at radius 1 is 1.09 bits per heavy atom. The first-order valence-electron chi connectivity index (χ1n) is 14.3. The Morgan fingerprint density at radius 2 is 1.79 bits per heavy atom. The van der Waals surface area contributed by atoms with E-state index in [1.807, 2.05) is 12.1 Å². The van der Waals surface area contributed by atoms with Crippen molar-refractivity contribution in [3.8, 4) is 17.5 Å². The maximum atomic E-state index is 15.0. The molecule has 226 valence electrons. The van der Waals surface area contributed by atoms with Gasteiger partial charge in [-0.2, -0.15) is 10.4 Å². The van der Waals surface area contributed by atoms with Gasteiger partial charge in [-0.05, 0) is 76.6 Å². The first-order valence-corrected chi connectivity index (χ1v) is 14.3. The maximum Gasteiger partial charge on any atom is 0.303 e. The van der Waals surface area contributed by atoms with Crippen molar-refractivity contribution >= 4 is 29.0 Å². The number of alkyl halides is 1. The highest BCUT2D eigenvalue weighted by Gasteiger charge is 2.51. The molecule has 0 unspecified atom stereocenters. The van der Waals surface area contributed by atoms with Crippen molar-refractivity contribution in [2.24, 2.45) is 0 Å². The number of anilines is 1. The number of esters is 2. The molecule has 3 saturated carbocycles. The number of carbonyl (C=O) groups excluding carboxylic acids is 3. The van der Waals surface area contributed by atoms with E-state index in [2.05, 4.69) is 26.8 Å². The Balaban J connectivity index is 1.44. The van der Waals surface area contributed by atoms with Crippen LogP contribution < -0.4 is 10.6 Å². The first-order chi connectivity index (χ1) is 20.3. The van der Waals surface area contributed by atoms with Crippen molar-refractivity contribution in [1.82, 2.24) is 19.9 Å². The summed E-state index contributed by atoms with van der Waals surface area (Å²) in [7, 11) is 0. The van der Waals surface area contributed by atoms with Gasteiger partial charge in [0, 0.05) is 25.6 Å². The molecule has 0 saturated heterocycles. The molecule has 1 atom stereocenters. The Kier molecular flexibility index (Phi) is 7.86. The second-order valence-corrected chi connectivity index (χ2v) is 12.1. The Hall–Kier alpha value is -4.53. The van der Waals surface area contributed by atoms with Crippen LogP contribution in [0.15, 0.2) is 36.7 Å². The lowest BCUT2D eigenvalue weighted by atomic mass is 9.63. The highest BCUT2D eigenvalue weighted by atomic mass is 19.1. The van der Waals surface area contributed by atoms with Crippen molar-refractivity contribution in [1.29, 1.82) is 5.26 Å². The molecule has 3 heterocycles. The van der Waals surface area contributed by atoms with Gasteiger partial charge in [0.2, 0.25) is 0 Å². The number of pyridine rings is 1. The van der Waals surface area contributed by atoms with E-state index in [9.17, 15) is 19.6 Å². The Bertz CT molecular complexity index is 1600. The number of aromatic nitrogens is 3. The zero-order valence-electron chi connectivity index (χ0n) is 24.7. The van der Waals surface area contributed by atoms with Gasteiger partial charge in [0.1, 0.15) is 17.3 Å². The molecule has 3 aliphatic rings. The average molecular weight is 591 g/mol. The summed E-state index contributed by atoms with van der Waals surface area (Å²) in [5.41, 5.74) is 0.944. The van der Waals surface area contributed by atoms with Crippen molar-refractivity contribution in [2.75, 3.05) is 11.9 Å². The zero-order chi connectivity index (χ0) is 31.0. The van der Waals surface area contributed by atoms with Crippen molar-refractivity contribution in [2.45, 2.75) is 89.1 Å². The van der Waals surface area contributed by atoms with Gasteiger partial charge >= 0.3 is 11.9 Å². The zero-order valence-corrected chi connectivity index (χ0v) is 24.7. The van der Waals surface area contributed by atoms with Crippen molar-refractivity contribution < 1.29 is 28.2 Å². The summed E-state index contributed by atoms with van der Waals surface area (Å²) < 4.78 is 27.5. The second kappa shape index (κ2) is 11.3. The van der Waals surface area contributed by atoms with Gasteiger partial charge in [-0.15, -0.1) is 0 Å². The predicted octanol–water partition coefficient (Wildman–Crippen LogP) is 4.50. The molecule has 2 bridgehead atoms. The molecule has 3 aromatic heterocycles. The van der Waals surface area contributed by atoms with E-state index in [1.165, 1.54) is 40.1 Å². The van der Waals surface area contributed by atoms with Gasteiger partial charge < -0.3 is 20.1 Å². The quantitative estimate of drug-likeness (QED) is 0.344. The smallest absolute Gasteiger partial charge is 0.303 e. The predicted molar refractivity (Wildman–Crippen MR) is 155 cm³/mol. The fourth-order valence-corrected chi connectivity index (χ4v) is 6.17. The normalized spacial score (nSPS) is 22.0. The average Bonchev–Trinajstić information content (AvgIpc) is 3.39. The highest BCUT2D eigenvalue weighted by Crippen LogP contribution is 2.50. The summed E-state index contributed by atoms with van der Waals surface area (Å²) in [4.78, 5) is 41.1. The number of ether oxygens (including phenoxy) is 2. The number of nitriles is 1. The second-order valence-electron chi connectivity index (χ2n) is 12.1. The van der Waals surface area contributed by atoms with Gasteiger partial charge in [0.15, 0.2) is 6.17 Å². The third-order valence-electron chi connectivity index (χ3n) is 8.58. The summed E-state index contributed by atoms with van der Waals surface area (Å²) in [6.45, 7) is 5.17. The largest absolute Gasteiger partial charge is 0.459 e. The van der Waals surface area contributed by atoms with Gasteiger partial charge in [-0.25, -0.2) is 8.91 Å². The summed E-state index contributed by atoms with van der Waals surface area (Å²) in [5.74, 6) is -1.42. The minimum atomic E-state index is -1.65. The standard InChI is InChI=1S/C31H35FN6O5/c1-19(39)42-29(3,4)27(32)18-35-28(41)23-17-34-25(26-6-5-22-13-21(15-33)16-36-38(22)26)14-24(23)37-30-7-10-31(11-8-30,12-9-30)43-20(2)40/h5-6,13-14,16-17,27H,7-12,18H2,1-4H3,(H,34,37)(H,35,41)/t27-,30?,31?/m1/s1. The van der Waals surface area contributed by atoms with Crippen LogP contribution in [0.2, 0.25) is 0 Å². The van der Waals surface area contributed by atoms with Crippen LogP contribution in [0.4, 0.5) is 10.1 Å². The number of amides is 1. The lowest BCUT2D eigenvalue weighted by Crippen LogP contribution is -2.55. The minimum absolute atomic E-state index is 0.235. The fourth-order valence-electron chi connectivity index (χ4n) is 6.17. The van der Waals surface area contributed by atoms with Gasteiger partial charge in [-0.3, -0.25) is 19.4 Å². The number of hydrogen-bond acceptors (Lipinski definition) is 9. The molecule has 0 aromatic carbocycles. The van der Waals surface area contributed by atoms with E-state index < -0.39 is 29.3 Å². The summed E-state index contributed by atoms with van der Waals surface area (Å²) in [6.07, 6.45) is 5.64. The van der Waals surface area contributed by atoms with Crippen molar-refractivity contribution in [3.63, 3.8) is 0 Å².